The number of nitrogens with one attached hydrogen (secondary N) is 2. The molecule has 0 spiro atoms. The lowest BCUT2D eigenvalue weighted by molar-refractivity contribution is -0.134. The van der Waals surface area contributed by atoms with Gasteiger partial charge in [0.05, 0.1) is 6.10 Å². The van der Waals surface area contributed by atoms with Gasteiger partial charge in [-0.05, 0) is 75.8 Å². The number of aliphatic hydroxyl groups excluding tert-OH is 1. The second-order valence-electron chi connectivity index (χ2n) is 8.10. The fourth-order valence-corrected chi connectivity index (χ4v) is 4.54. The van der Waals surface area contributed by atoms with E-state index in [9.17, 15) is 18.3 Å². The SMILES string of the molecule is Cc1ccc(C)c(OC2(C(=O)NS(=O)(=O)c3cccc(NC[C@@H](C)O)n3)CCCC2)c1. The van der Waals surface area contributed by atoms with Gasteiger partial charge in [-0.2, -0.15) is 8.42 Å². The molecule has 1 aromatic carbocycles. The number of carbonyl (C=O) groups excluding carboxylic acids is 1. The summed E-state index contributed by atoms with van der Waals surface area (Å²) in [6.07, 6.45) is 1.80. The summed E-state index contributed by atoms with van der Waals surface area (Å²) < 4.78 is 34.1. The Morgan fingerprint density at radius 3 is 2.61 bits per heavy atom. The van der Waals surface area contributed by atoms with Crippen molar-refractivity contribution in [1.82, 2.24) is 9.71 Å². The standard InChI is InChI=1S/C22H29N3O5S/c1-15-9-10-16(2)18(13-15)30-22(11-4-5-12-22)21(27)25-31(28,29)20-8-6-7-19(24-20)23-14-17(3)26/h6-10,13,17,26H,4-5,11-12,14H2,1-3H3,(H,23,24)(H,25,27)/t17-/m1/s1. The Balaban J connectivity index is 1.82. The maximum Gasteiger partial charge on any atom is 0.281 e. The predicted molar refractivity (Wildman–Crippen MR) is 117 cm³/mol. The summed E-state index contributed by atoms with van der Waals surface area (Å²) in [6.45, 7) is 5.64. The van der Waals surface area contributed by atoms with E-state index in [-0.39, 0.29) is 11.6 Å². The van der Waals surface area contributed by atoms with Gasteiger partial charge in [-0.3, -0.25) is 4.79 Å². The first-order valence-corrected chi connectivity index (χ1v) is 11.8. The largest absolute Gasteiger partial charge is 0.477 e. The molecule has 9 heteroatoms. The molecule has 0 saturated heterocycles. The van der Waals surface area contributed by atoms with Crippen molar-refractivity contribution in [3.63, 3.8) is 0 Å². The van der Waals surface area contributed by atoms with Crippen molar-refractivity contribution in [1.29, 1.82) is 0 Å². The monoisotopic (exact) mass is 447 g/mol. The molecule has 1 fully saturated rings. The molecule has 0 bridgehead atoms. The number of carbonyl (C=O) groups is 1. The minimum atomic E-state index is -4.20. The van der Waals surface area contributed by atoms with Gasteiger partial charge in [-0.1, -0.05) is 18.2 Å². The molecule has 1 aromatic heterocycles. The number of pyridine rings is 1. The van der Waals surface area contributed by atoms with Gasteiger partial charge in [0.1, 0.15) is 11.6 Å². The van der Waals surface area contributed by atoms with Crippen molar-refractivity contribution in [2.75, 3.05) is 11.9 Å². The summed E-state index contributed by atoms with van der Waals surface area (Å²) in [5, 5.41) is 12.0. The maximum absolute atomic E-state index is 13.2. The quantitative estimate of drug-likeness (QED) is 0.569. The Bertz CT molecular complexity index is 1050. The fourth-order valence-electron chi connectivity index (χ4n) is 3.53. The van der Waals surface area contributed by atoms with Crippen molar-refractivity contribution in [3.05, 3.63) is 47.5 Å². The number of ether oxygens (including phenoxy) is 1. The summed E-state index contributed by atoms with van der Waals surface area (Å²) in [7, 11) is -4.20. The summed E-state index contributed by atoms with van der Waals surface area (Å²) in [5.74, 6) is 0.186. The number of hydrogen-bond donors (Lipinski definition) is 3. The van der Waals surface area contributed by atoms with Crippen LogP contribution in [0, 0.1) is 13.8 Å². The Kier molecular flexibility index (Phi) is 6.86. The second kappa shape index (κ2) is 9.23. The van der Waals surface area contributed by atoms with Gasteiger partial charge >= 0.3 is 0 Å². The highest BCUT2D eigenvalue weighted by Gasteiger charge is 2.45. The van der Waals surface area contributed by atoms with E-state index in [1.807, 2.05) is 32.0 Å². The summed E-state index contributed by atoms with van der Waals surface area (Å²) in [4.78, 5) is 17.2. The van der Waals surface area contributed by atoms with Crippen LogP contribution in [0.25, 0.3) is 0 Å². The van der Waals surface area contributed by atoms with Gasteiger partial charge in [0, 0.05) is 6.54 Å². The zero-order chi connectivity index (χ0) is 22.6. The maximum atomic E-state index is 13.2. The van der Waals surface area contributed by atoms with E-state index in [0.717, 1.165) is 24.0 Å². The van der Waals surface area contributed by atoms with Crippen LogP contribution in [-0.2, 0) is 14.8 Å². The molecular formula is C22H29N3O5S. The van der Waals surface area contributed by atoms with Crippen molar-refractivity contribution < 1.29 is 23.1 Å². The molecule has 0 radical (unpaired) electrons. The zero-order valence-electron chi connectivity index (χ0n) is 18.0. The van der Waals surface area contributed by atoms with E-state index in [0.29, 0.717) is 24.4 Å². The third-order valence-electron chi connectivity index (χ3n) is 5.28. The number of aryl methyl sites for hydroxylation is 2. The highest BCUT2D eigenvalue weighted by molar-refractivity contribution is 7.90. The molecule has 0 unspecified atom stereocenters. The Hall–Kier alpha value is -2.65. The third-order valence-corrected chi connectivity index (χ3v) is 6.51. The highest BCUT2D eigenvalue weighted by atomic mass is 32.2. The lowest BCUT2D eigenvalue weighted by atomic mass is 10.0. The number of anilines is 1. The number of rotatable bonds is 8. The van der Waals surface area contributed by atoms with E-state index in [2.05, 4.69) is 15.0 Å². The van der Waals surface area contributed by atoms with Crippen LogP contribution in [0.4, 0.5) is 5.82 Å². The van der Waals surface area contributed by atoms with Crippen LogP contribution in [0.1, 0.15) is 43.7 Å². The number of nitrogens with zero attached hydrogens (tertiary/aromatic N) is 1. The minimum absolute atomic E-state index is 0.218. The molecule has 168 valence electrons. The van der Waals surface area contributed by atoms with Gasteiger partial charge in [0.2, 0.25) is 0 Å². The van der Waals surface area contributed by atoms with E-state index < -0.39 is 27.6 Å². The van der Waals surface area contributed by atoms with Gasteiger partial charge in [-0.25, -0.2) is 9.71 Å². The van der Waals surface area contributed by atoms with Crippen molar-refractivity contribution in [2.45, 2.75) is 63.2 Å². The molecule has 1 atom stereocenters. The van der Waals surface area contributed by atoms with Gasteiger partial charge in [-0.15, -0.1) is 0 Å². The first kappa shape index (κ1) is 23.0. The lowest BCUT2D eigenvalue weighted by Gasteiger charge is -2.29. The number of hydrogen-bond acceptors (Lipinski definition) is 7. The van der Waals surface area contributed by atoms with Crippen LogP contribution in [0.5, 0.6) is 5.75 Å². The molecule has 3 rings (SSSR count). The van der Waals surface area contributed by atoms with E-state index in [4.69, 9.17) is 4.74 Å². The molecule has 1 amide bonds. The van der Waals surface area contributed by atoms with Gasteiger partial charge in [0.25, 0.3) is 15.9 Å². The van der Waals surface area contributed by atoms with Crippen LogP contribution in [0.2, 0.25) is 0 Å². The number of sulfonamides is 1. The van der Waals surface area contributed by atoms with Gasteiger partial charge in [0.15, 0.2) is 10.6 Å². The fraction of sp³-hybridized carbons (Fsp3) is 0.455. The molecule has 3 N–H and O–H groups in total. The molecule has 0 aliphatic heterocycles. The second-order valence-corrected chi connectivity index (χ2v) is 9.73. The number of aliphatic hydroxyl groups is 1. The van der Waals surface area contributed by atoms with Crippen LogP contribution < -0.4 is 14.8 Å². The molecule has 8 nitrogen and oxygen atoms in total. The number of aromatic nitrogens is 1. The van der Waals surface area contributed by atoms with Crippen LogP contribution >= 0.6 is 0 Å². The minimum Gasteiger partial charge on any atom is -0.477 e. The lowest BCUT2D eigenvalue weighted by Crippen LogP contribution is -2.51. The first-order valence-electron chi connectivity index (χ1n) is 10.3. The average Bonchev–Trinajstić information content (AvgIpc) is 3.19. The average molecular weight is 448 g/mol. The van der Waals surface area contributed by atoms with Gasteiger partial charge < -0.3 is 15.2 Å². The van der Waals surface area contributed by atoms with Crippen molar-refractivity contribution in [3.8, 4) is 5.75 Å². The smallest absolute Gasteiger partial charge is 0.281 e. The Morgan fingerprint density at radius 1 is 1.23 bits per heavy atom. The summed E-state index contributed by atoms with van der Waals surface area (Å²) >= 11 is 0. The Morgan fingerprint density at radius 2 is 1.94 bits per heavy atom. The molecular weight excluding hydrogens is 418 g/mol. The van der Waals surface area contributed by atoms with E-state index in [1.165, 1.54) is 12.1 Å². The molecule has 2 aromatic rings. The zero-order valence-corrected chi connectivity index (χ0v) is 18.8. The number of benzene rings is 1. The van der Waals surface area contributed by atoms with Crippen LogP contribution in [0.15, 0.2) is 41.4 Å². The molecule has 1 aliphatic rings. The first-order chi connectivity index (χ1) is 14.6. The summed E-state index contributed by atoms with van der Waals surface area (Å²) in [6, 6.07) is 10.2. The van der Waals surface area contributed by atoms with Crippen molar-refractivity contribution >= 4 is 21.7 Å². The normalized spacial score (nSPS) is 16.5. The van der Waals surface area contributed by atoms with Crippen molar-refractivity contribution in [2.24, 2.45) is 0 Å². The van der Waals surface area contributed by atoms with E-state index >= 15 is 0 Å². The Labute approximate surface area is 183 Å². The predicted octanol–water partition coefficient (Wildman–Crippen LogP) is 2.69. The molecule has 1 heterocycles. The summed E-state index contributed by atoms with van der Waals surface area (Å²) in [5.41, 5.74) is 0.631. The van der Waals surface area contributed by atoms with E-state index in [1.54, 1.807) is 13.0 Å². The third kappa shape index (κ3) is 5.54. The topological polar surface area (TPSA) is 118 Å². The number of amides is 1. The molecule has 1 saturated carbocycles. The highest BCUT2D eigenvalue weighted by Crippen LogP contribution is 2.36. The van der Waals surface area contributed by atoms with Crippen LogP contribution in [0.3, 0.4) is 0 Å². The van der Waals surface area contributed by atoms with Crippen LogP contribution in [-0.4, -0.2) is 42.7 Å². The molecule has 1 aliphatic carbocycles. The molecule has 31 heavy (non-hydrogen) atoms.